The van der Waals surface area contributed by atoms with Crippen LogP contribution < -0.4 is 0 Å². The molecule has 24 heavy (non-hydrogen) atoms. The number of nitrogens with zero attached hydrogens (tertiary/aromatic N) is 1. The minimum Gasteiger partial charge on any atom is -0.337 e. The van der Waals surface area contributed by atoms with Crippen LogP contribution in [0.4, 0.5) is 0 Å². The summed E-state index contributed by atoms with van der Waals surface area (Å²) < 4.78 is 0. The average Bonchev–Trinajstić information content (AvgIpc) is 2.63. The largest absolute Gasteiger partial charge is 0.337 e. The van der Waals surface area contributed by atoms with Gasteiger partial charge in [-0.25, -0.2) is 0 Å². The lowest BCUT2D eigenvalue weighted by atomic mass is 10.0. The van der Waals surface area contributed by atoms with Crippen molar-refractivity contribution < 1.29 is 4.79 Å². The van der Waals surface area contributed by atoms with Gasteiger partial charge < -0.3 is 4.90 Å². The van der Waals surface area contributed by atoms with Crippen LogP contribution in [0.25, 0.3) is 11.1 Å². The number of rotatable bonds is 4. The maximum absolute atomic E-state index is 12.6. The van der Waals surface area contributed by atoms with E-state index in [1.54, 1.807) is 4.90 Å². The Labute approximate surface area is 143 Å². The summed E-state index contributed by atoms with van der Waals surface area (Å²) in [4.78, 5) is 14.3. The third-order valence-electron chi connectivity index (χ3n) is 4.20. The van der Waals surface area contributed by atoms with Gasteiger partial charge >= 0.3 is 0 Å². The molecular weight excluding hydrogens is 294 g/mol. The summed E-state index contributed by atoms with van der Waals surface area (Å²) in [5.41, 5.74) is 5.29. The highest BCUT2D eigenvalue weighted by atomic mass is 16.2. The van der Waals surface area contributed by atoms with E-state index >= 15 is 0 Å². The normalized spacial score (nSPS) is 10.4. The smallest absolute Gasteiger partial charge is 0.254 e. The third-order valence-corrected chi connectivity index (χ3v) is 4.20. The van der Waals surface area contributed by atoms with Crippen LogP contribution in [0.5, 0.6) is 0 Å². The van der Waals surface area contributed by atoms with Crippen molar-refractivity contribution in [1.29, 1.82) is 0 Å². The molecule has 0 fully saturated rings. The van der Waals surface area contributed by atoms with E-state index in [1.807, 2.05) is 56.4 Å². The van der Waals surface area contributed by atoms with E-state index < -0.39 is 0 Å². The van der Waals surface area contributed by atoms with Crippen LogP contribution in [0.1, 0.15) is 21.5 Å². The SMILES string of the molecule is Cc1ccccc1C(=O)N(C)Cc1ccc(-c2ccccc2)cc1. The molecule has 0 aromatic heterocycles. The van der Waals surface area contributed by atoms with Gasteiger partial charge in [0, 0.05) is 19.2 Å². The lowest BCUT2D eigenvalue weighted by Gasteiger charge is -2.18. The van der Waals surface area contributed by atoms with Crippen molar-refractivity contribution in [2.75, 3.05) is 7.05 Å². The maximum Gasteiger partial charge on any atom is 0.254 e. The first-order chi connectivity index (χ1) is 11.6. The molecule has 0 N–H and O–H groups in total. The van der Waals surface area contributed by atoms with Crippen LogP contribution in [-0.2, 0) is 6.54 Å². The molecule has 3 aromatic carbocycles. The van der Waals surface area contributed by atoms with Crippen molar-refractivity contribution in [2.24, 2.45) is 0 Å². The van der Waals surface area contributed by atoms with Crippen molar-refractivity contribution >= 4 is 5.91 Å². The van der Waals surface area contributed by atoms with Crippen molar-refractivity contribution in [3.05, 3.63) is 95.6 Å². The van der Waals surface area contributed by atoms with Gasteiger partial charge in [0.25, 0.3) is 5.91 Å². The molecule has 0 heterocycles. The highest BCUT2D eigenvalue weighted by molar-refractivity contribution is 5.95. The van der Waals surface area contributed by atoms with Gasteiger partial charge in [-0.3, -0.25) is 4.79 Å². The van der Waals surface area contributed by atoms with Gasteiger partial charge in [-0.1, -0.05) is 72.8 Å². The Morgan fingerprint density at radius 3 is 2.04 bits per heavy atom. The molecule has 0 aliphatic rings. The zero-order valence-electron chi connectivity index (χ0n) is 14.1. The molecule has 0 bridgehead atoms. The first kappa shape index (κ1) is 16.0. The van der Waals surface area contributed by atoms with E-state index in [1.165, 1.54) is 11.1 Å². The molecule has 0 saturated carbocycles. The van der Waals surface area contributed by atoms with Gasteiger partial charge in [0.2, 0.25) is 0 Å². The fourth-order valence-corrected chi connectivity index (χ4v) is 2.80. The summed E-state index contributed by atoms with van der Waals surface area (Å²) in [6, 6.07) is 26.4. The van der Waals surface area contributed by atoms with Crippen LogP contribution in [0, 0.1) is 6.92 Å². The van der Waals surface area contributed by atoms with Crippen LogP contribution in [0.3, 0.4) is 0 Å². The second kappa shape index (κ2) is 7.14. The summed E-state index contributed by atoms with van der Waals surface area (Å²) >= 11 is 0. The second-order valence-corrected chi connectivity index (χ2v) is 6.04. The van der Waals surface area contributed by atoms with Crippen LogP contribution >= 0.6 is 0 Å². The molecule has 0 atom stereocenters. The molecule has 0 aliphatic carbocycles. The summed E-state index contributed by atoms with van der Waals surface area (Å²) in [7, 11) is 1.85. The average molecular weight is 315 g/mol. The van der Waals surface area contributed by atoms with Crippen LogP contribution in [0.2, 0.25) is 0 Å². The molecule has 0 spiro atoms. The predicted octanol–water partition coefficient (Wildman–Crippen LogP) is 4.93. The van der Waals surface area contributed by atoms with Crippen molar-refractivity contribution in [1.82, 2.24) is 4.90 Å². The minimum absolute atomic E-state index is 0.0558. The van der Waals surface area contributed by atoms with E-state index in [0.29, 0.717) is 6.54 Å². The zero-order valence-corrected chi connectivity index (χ0v) is 14.1. The van der Waals surface area contributed by atoms with Gasteiger partial charge in [0.1, 0.15) is 0 Å². The van der Waals surface area contributed by atoms with Gasteiger partial charge in [0.05, 0.1) is 0 Å². The minimum atomic E-state index is 0.0558. The summed E-state index contributed by atoms with van der Waals surface area (Å²) in [6.07, 6.45) is 0. The third kappa shape index (κ3) is 3.54. The van der Waals surface area contributed by atoms with Crippen LogP contribution in [0.15, 0.2) is 78.9 Å². The monoisotopic (exact) mass is 315 g/mol. The van der Waals surface area contributed by atoms with Gasteiger partial charge in [-0.05, 0) is 35.2 Å². The molecule has 1 amide bonds. The van der Waals surface area contributed by atoms with Crippen molar-refractivity contribution in [3.8, 4) is 11.1 Å². The molecule has 0 saturated heterocycles. The lowest BCUT2D eigenvalue weighted by molar-refractivity contribution is 0.0784. The first-order valence-corrected chi connectivity index (χ1v) is 8.10. The lowest BCUT2D eigenvalue weighted by Crippen LogP contribution is -2.26. The highest BCUT2D eigenvalue weighted by Gasteiger charge is 2.13. The Kier molecular flexibility index (Phi) is 4.76. The number of hydrogen-bond donors (Lipinski definition) is 0. The number of benzene rings is 3. The predicted molar refractivity (Wildman–Crippen MR) is 98.9 cm³/mol. The molecule has 2 heteroatoms. The Morgan fingerprint density at radius 1 is 0.792 bits per heavy atom. The van der Waals surface area contributed by atoms with Crippen molar-refractivity contribution in [2.45, 2.75) is 13.5 Å². The maximum atomic E-state index is 12.6. The zero-order chi connectivity index (χ0) is 16.9. The summed E-state index contributed by atoms with van der Waals surface area (Å²) in [6.45, 7) is 2.57. The number of hydrogen-bond acceptors (Lipinski definition) is 1. The van der Waals surface area contributed by atoms with Gasteiger partial charge in [-0.15, -0.1) is 0 Å². The molecule has 0 aliphatic heterocycles. The number of amides is 1. The Bertz CT molecular complexity index is 822. The van der Waals surface area contributed by atoms with Crippen molar-refractivity contribution in [3.63, 3.8) is 0 Å². The molecule has 0 unspecified atom stereocenters. The van der Waals surface area contributed by atoms with E-state index in [2.05, 4.69) is 36.4 Å². The number of carbonyl (C=O) groups is 1. The molecular formula is C22H21NO. The second-order valence-electron chi connectivity index (χ2n) is 6.04. The summed E-state index contributed by atoms with van der Waals surface area (Å²) in [5.74, 6) is 0.0558. The fourth-order valence-electron chi connectivity index (χ4n) is 2.80. The molecule has 120 valence electrons. The fraction of sp³-hybridized carbons (Fsp3) is 0.136. The van der Waals surface area contributed by atoms with E-state index in [4.69, 9.17) is 0 Å². The number of aryl methyl sites for hydroxylation is 1. The van der Waals surface area contributed by atoms with Gasteiger partial charge in [0.15, 0.2) is 0 Å². The standard InChI is InChI=1S/C22H21NO/c1-17-8-6-7-11-21(17)22(24)23(2)16-18-12-14-20(15-13-18)19-9-4-3-5-10-19/h3-15H,16H2,1-2H3. The van der Waals surface area contributed by atoms with Crippen LogP contribution in [-0.4, -0.2) is 17.9 Å². The van der Waals surface area contributed by atoms with E-state index in [-0.39, 0.29) is 5.91 Å². The van der Waals surface area contributed by atoms with E-state index in [9.17, 15) is 4.79 Å². The Hall–Kier alpha value is -2.87. The highest BCUT2D eigenvalue weighted by Crippen LogP contribution is 2.20. The Balaban J connectivity index is 1.72. The summed E-state index contributed by atoms with van der Waals surface area (Å²) in [5, 5.41) is 0. The number of carbonyl (C=O) groups excluding carboxylic acids is 1. The van der Waals surface area contributed by atoms with E-state index in [0.717, 1.165) is 16.7 Å². The molecule has 3 rings (SSSR count). The van der Waals surface area contributed by atoms with Gasteiger partial charge in [-0.2, -0.15) is 0 Å². The molecule has 0 radical (unpaired) electrons. The molecule has 3 aromatic rings. The topological polar surface area (TPSA) is 20.3 Å². The first-order valence-electron chi connectivity index (χ1n) is 8.10. The Morgan fingerprint density at radius 2 is 1.38 bits per heavy atom. The molecule has 2 nitrogen and oxygen atoms in total. The quantitative estimate of drug-likeness (QED) is 0.668.